The number of likely N-dealkylation sites (N-methyl/N-ethyl adjacent to an activating group) is 1. The third-order valence-corrected chi connectivity index (χ3v) is 5.94. The van der Waals surface area contributed by atoms with Gasteiger partial charge in [0.25, 0.3) is 5.91 Å². The molecule has 1 aliphatic rings. The molecule has 3 rings (SSSR count). The monoisotopic (exact) mass is 510 g/mol. The number of carbonyl (C=O) groups is 1. The topological polar surface area (TPSA) is 56.8 Å². The molecular weight excluding hydrogens is 488 g/mol. The van der Waals surface area contributed by atoms with E-state index in [1.165, 1.54) is 7.11 Å². The number of nitrogens with one attached hydrogen (secondary N) is 2. The Morgan fingerprint density at radius 2 is 1.93 bits per heavy atom. The van der Waals surface area contributed by atoms with E-state index in [1.54, 1.807) is 6.07 Å². The molecule has 0 radical (unpaired) electrons. The highest BCUT2D eigenvalue weighted by Crippen LogP contribution is 2.34. The Balaban J connectivity index is 1.78. The number of ether oxygens (including phenoxy) is 1. The van der Waals surface area contributed by atoms with Crippen LogP contribution in [0.15, 0.2) is 34.8 Å². The summed E-state index contributed by atoms with van der Waals surface area (Å²) in [5.74, 6) is 0.163. The lowest BCUT2D eigenvalue weighted by molar-refractivity contribution is 0.0974. The van der Waals surface area contributed by atoms with E-state index < -0.39 is 0 Å². The molecule has 2 aromatic carbocycles. The standard InChI is InChI=1S/C21H24BrClN4O2S/c1-13-11-14(22)12-15(19(13)29-3)20(28)25-21(30)24-17-6-4-5-16(23)18(17)27-9-7-26(2)8-10-27/h4-6,11-12H,7-10H2,1-3H3,(H2,24,25,28,30). The molecule has 6 nitrogen and oxygen atoms in total. The maximum absolute atomic E-state index is 12.8. The van der Waals surface area contributed by atoms with Gasteiger partial charge in [-0.05, 0) is 56.0 Å². The van der Waals surface area contributed by atoms with Crippen LogP contribution in [0.5, 0.6) is 5.75 Å². The highest BCUT2D eigenvalue weighted by Gasteiger charge is 2.21. The molecule has 1 amide bonds. The van der Waals surface area contributed by atoms with Crippen molar-refractivity contribution in [1.29, 1.82) is 0 Å². The van der Waals surface area contributed by atoms with Crippen molar-refractivity contribution in [2.75, 3.05) is 50.6 Å². The molecule has 9 heteroatoms. The van der Waals surface area contributed by atoms with Crippen LogP contribution in [-0.2, 0) is 0 Å². The molecular formula is C21H24BrClN4O2S. The number of thiocarbonyl (C=S) groups is 1. The number of amides is 1. The van der Waals surface area contributed by atoms with E-state index in [1.807, 2.05) is 31.2 Å². The van der Waals surface area contributed by atoms with Crippen molar-refractivity contribution in [3.63, 3.8) is 0 Å². The Bertz CT molecular complexity index is 964. The number of carbonyl (C=O) groups excluding carboxylic acids is 1. The lowest BCUT2D eigenvalue weighted by Crippen LogP contribution is -2.45. The van der Waals surface area contributed by atoms with Gasteiger partial charge in [0.15, 0.2) is 5.11 Å². The molecule has 1 saturated heterocycles. The zero-order valence-corrected chi connectivity index (χ0v) is 20.2. The Hall–Kier alpha value is -1.87. The van der Waals surface area contributed by atoms with E-state index in [0.717, 1.165) is 47.6 Å². The average molecular weight is 512 g/mol. The van der Waals surface area contributed by atoms with Crippen molar-refractivity contribution in [3.05, 3.63) is 51.0 Å². The van der Waals surface area contributed by atoms with Crippen LogP contribution in [0.4, 0.5) is 11.4 Å². The minimum atomic E-state index is -0.350. The molecule has 30 heavy (non-hydrogen) atoms. The van der Waals surface area contributed by atoms with Gasteiger partial charge >= 0.3 is 0 Å². The summed E-state index contributed by atoms with van der Waals surface area (Å²) < 4.78 is 6.19. The van der Waals surface area contributed by atoms with Gasteiger partial charge in [0.2, 0.25) is 0 Å². The summed E-state index contributed by atoms with van der Waals surface area (Å²) in [6.45, 7) is 5.51. The Kier molecular flexibility index (Phi) is 7.57. The average Bonchev–Trinajstić information content (AvgIpc) is 2.68. The van der Waals surface area contributed by atoms with Gasteiger partial charge in [0, 0.05) is 30.7 Å². The molecule has 0 aromatic heterocycles. The predicted octanol–water partition coefficient (Wildman–Crippen LogP) is 4.30. The summed E-state index contributed by atoms with van der Waals surface area (Å²) in [6, 6.07) is 9.22. The lowest BCUT2D eigenvalue weighted by Gasteiger charge is -2.35. The number of halogens is 2. The zero-order chi connectivity index (χ0) is 21.8. The van der Waals surface area contributed by atoms with Crippen molar-refractivity contribution >= 4 is 62.1 Å². The number of hydrogen-bond acceptors (Lipinski definition) is 5. The van der Waals surface area contributed by atoms with Gasteiger partial charge in [0.05, 0.1) is 29.1 Å². The highest BCUT2D eigenvalue weighted by molar-refractivity contribution is 9.10. The third-order valence-electron chi connectivity index (χ3n) is 4.97. The first-order valence-corrected chi connectivity index (χ1v) is 11.1. The lowest BCUT2D eigenvalue weighted by atomic mass is 10.1. The fraction of sp³-hybridized carbons (Fsp3) is 0.333. The van der Waals surface area contributed by atoms with Crippen molar-refractivity contribution < 1.29 is 9.53 Å². The minimum absolute atomic E-state index is 0.192. The first-order valence-electron chi connectivity index (χ1n) is 9.48. The molecule has 0 unspecified atom stereocenters. The fourth-order valence-electron chi connectivity index (χ4n) is 3.46. The first kappa shape index (κ1) is 22.8. The van der Waals surface area contributed by atoms with Gasteiger partial charge < -0.3 is 19.9 Å². The highest BCUT2D eigenvalue weighted by atomic mass is 79.9. The Morgan fingerprint density at radius 1 is 1.23 bits per heavy atom. The Labute approximate surface area is 195 Å². The number of piperazine rings is 1. The van der Waals surface area contributed by atoms with Crippen LogP contribution < -0.4 is 20.3 Å². The largest absolute Gasteiger partial charge is 0.496 e. The van der Waals surface area contributed by atoms with Crippen LogP contribution in [0.25, 0.3) is 0 Å². The second-order valence-electron chi connectivity index (χ2n) is 7.14. The van der Waals surface area contributed by atoms with Crippen LogP contribution in [0.1, 0.15) is 15.9 Å². The van der Waals surface area contributed by atoms with E-state index in [0.29, 0.717) is 16.3 Å². The van der Waals surface area contributed by atoms with E-state index in [9.17, 15) is 4.79 Å². The Morgan fingerprint density at radius 3 is 2.60 bits per heavy atom. The number of rotatable bonds is 4. The van der Waals surface area contributed by atoms with Crippen molar-refractivity contribution in [2.24, 2.45) is 0 Å². The number of hydrogen-bond donors (Lipinski definition) is 2. The number of anilines is 2. The number of aryl methyl sites for hydroxylation is 1. The molecule has 0 bridgehead atoms. The van der Waals surface area contributed by atoms with E-state index >= 15 is 0 Å². The SMILES string of the molecule is COc1c(C)cc(Br)cc1C(=O)NC(=S)Nc1cccc(Cl)c1N1CCN(C)CC1. The summed E-state index contributed by atoms with van der Waals surface area (Å²) in [7, 11) is 3.64. The molecule has 160 valence electrons. The van der Waals surface area contributed by atoms with Crippen LogP contribution in [0.2, 0.25) is 5.02 Å². The van der Waals surface area contributed by atoms with E-state index in [2.05, 4.69) is 43.4 Å². The minimum Gasteiger partial charge on any atom is -0.496 e. The molecule has 0 spiro atoms. The van der Waals surface area contributed by atoms with E-state index in [-0.39, 0.29) is 11.0 Å². The van der Waals surface area contributed by atoms with Gasteiger partial charge in [-0.25, -0.2) is 0 Å². The van der Waals surface area contributed by atoms with Crippen LogP contribution in [-0.4, -0.2) is 56.3 Å². The number of methoxy groups -OCH3 is 1. The maximum Gasteiger partial charge on any atom is 0.261 e. The summed E-state index contributed by atoms with van der Waals surface area (Å²) >= 11 is 15.3. The summed E-state index contributed by atoms with van der Waals surface area (Å²) in [5.41, 5.74) is 2.90. The number of nitrogens with zero attached hydrogens (tertiary/aromatic N) is 2. The number of benzene rings is 2. The molecule has 0 saturated carbocycles. The summed E-state index contributed by atoms with van der Waals surface area (Å²) in [6.07, 6.45) is 0. The van der Waals surface area contributed by atoms with Crippen molar-refractivity contribution in [1.82, 2.24) is 10.2 Å². The van der Waals surface area contributed by atoms with Crippen molar-refractivity contribution in [3.8, 4) is 5.75 Å². The molecule has 0 aliphatic carbocycles. The molecule has 2 N–H and O–H groups in total. The molecule has 1 aliphatic heterocycles. The van der Waals surface area contributed by atoms with Gasteiger partial charge in [-0.2, -0.15) is 0 Å². The summed E-state index contributed by atoms with van der Waals surface area (Å²) in [4.78, 5) is 17.3. The predicted molar refractivity (Wildman–Crippen MR) is 130 cm³/mol. The summed E-state index contributed by atoms with van der Waals surface area (Å²) in [5, 5.41) is 6.71. The van der Waals surface area contributed by atoms with Crippen LogP contribution in [0, 0.1) is 6.92 Å². The van der Waals surface area contributed by atoms with Crippen LogP contribution >= 0.6 is 39.7 Å². The van der Waals surface area contributed by atoms with Gasteiger partial charge in [0.1, 0.15) is 5.75 Å². The molecule has 1 fully saturated rings. The maximum atomic E-state index is 12.8. The third kappa shape index (κ3) is 5.24. The van der Waals surface area contributed by atoms with Crippen molar-refractivity contribution in [2.45, 2.75) is 6.92 Å². The molecule has 0 atom stereocenters. The zero-order valence-electron chi connectivity index (χ0n) is 17.1. The fourth-order valence-corrected chi connectivity index (χ4v) is 4.53. The normalized spacial score (nSPS) is 14.4. The van der Waals surface area contributed by atoms with E-state index in [4.69, 9.17) is 28.6 Å². The van der Waals surface area contributed by atoms with Gasteiger partial charge in [-0.3, -0.25) is 10.1 Å². The van der Waals surface area contributed by atoms with Crippen LogP contribution in [0.3, 0.4) is 0 Å². The molecule has 1 heterocycles. The quantitative estimate of drug-likeness (QED) is 0.597. The number of para-hydroxylation sites is 1. The van der Waals surface area contributed by atoms with Gasteiger partial charge in [-0.1, -0.05) is 33.6 Å². The first-order chi connectivity index (χ1) is 14.3. The van der Waals surface area contributed by atoms with Gasteiger partial charge in [-0.15, -0.1) is 0 Å². The second-order valence-corrected chi connectivity index (χ2v) is 8.87. The smallest absolute Gasteiger partial charge is 0.261 e. The molecule has 2 aromatic rings. The second kappa shape index (κ2) is 9.96.